The molecule has 0 fully saturated rings. The second kappa shape index (κ2) is 9.97. The van der Waals surface area contributed by atoms with Crippen molar-refractivity contribution in [2.75, 3.05) is 13.2 Å². The van der Waals surface area contributed by atoms with E-state index in [-0.39, 0.29) is 36.8 Å². The van der Waals surface area contributed by atoms with Gasteiger partial charge in [-0.15, -0.1) is 0 Å². The monoisotopic (exact) mass is 462 g/mol. The van der Waals surface area contributed by atoms with Crippen LogP contribution in [0.3, 0.4) is 0 Å². The normalized spacial score (nSPS) is 11.7. The van der Waals surface area contributed by atoms with E-state index in [2.05, 4.69) is 5.32 Å². The number of benzene rings is 2. The Morgan fingerprint density at radius 3 is 2.48 bits per heavy atom. The Bertz CT molecular complexity index is 1200. The average molecular weight is 462 g/mol. The molecule has 0 unspecified atom stereocenters. The van der Waals surface area contributed by atoms with Crippen molar-refractivity contribution >= 4 is 16.8 Å². The van der Waals surface area contributed by atoms with Crippen LogP contribution < -0.4 is 15.6 Å². The number of para-hydroxylation sites is 2. The topological polar surface area (TPSA) is 80.6 Å². The van der Waals surface area contributed by atoms with Gasteiger partial charge in [-0.3, -0.25) is 9.59 Å². The van der Waals surface area contributed by atoms with E-state index in [1.54, 1.807) is 24.3 Å². The van der Waals surface area contributed by atoms with E-state index in [1.807, 2.05) is 13.8 Å². The van der Waals surface area contributed by atoms with Gasteiger partial charge in [0, 0.05) is 18.5 Å². The van der Waals surface area contributed by atoms with Gasteiger partial charge in [-0.05, 0) is 30.5 Å². The minimum atomic E-state index is -4.53. The van der Waals surface area contributed by atoms with E-state index in [0.29, 0.717) is 17.4 Å². The molecular weight excluding hydrogens is 437 g/mol. The van der Waals surface area contributed by atoms with Crippen molar-refractivity contribution in [3.8, 4) is 11.5 Å². The zero-order valence-electron chi connectivity index (χ0n) is 18.3. The fraction of sp³-hybridized carbons (Fsp3) is 0.333. The lowest BCUT2D eigenvalue weighted by Crippen LogP contribution is -2.30. The van der Waals surface area contributed by atoms with Gasteiger partial charge in [-0.2, -0.15) is 13.2 Å². The summed E-state index contributed by atoms with van der Waals surface area (Å²) in [5, 5.41) is 13.5. The number of nitrogens with one attached hydrogen (secondary N) is 1. The number of carbonyl (C=O) groups is 1. The smallest absolute Gasteiger partial charge is 0.419 e. The van der Waals surface area contributed by atoms with Crippen LogP contribution in [0.25, 0.3) is 10.9 Å². The number of nitrogens with zero attached hydrogens (tertiary/aromatic N) is 1. The highest BCUT2D eigenvalue weighted by Crippen LogP contribution is 2.35. The number of hydrogen-bond donors (Lipinski definition) is 2. The van der Waals surface area contributed by atoms with Crippen LogP contribution in [0.2, 0.25) is 0 Å². The molecule has 1 aromatic heterocycles. The van der Waals surface area contributed by atoms with Gasteiger partial charge < -0.3 is 19.7 Å². The van der Waals surface area contributed by atoms with Gasteiger partial charge in [-0.25, -0.2) is 0 Å². The zero-order valence-corrected chi connectivity index (χ0v) is 18.3. The molecule has 2 aromatic carbocycles. The van der Waals surface area contributed by atoms with E-state index < -0.39 is 29.0 Å². The van der Waals surface area contributed by atoms with Crippen LogP contribution >= 0.6 is 0 Å². The number of alkyl halides is 3. The van der Waals surface area contributed by atoms with Crippen molar-refractivity contribution in [1.29, 1.82) is 0 Å². The SMILES string of the molecule is CC(C)Cn1c(=O)c(O)c(C(=O)NCCCOc2ccccc2C(F)(F)F)c2ccccc21. The van der Waals surface area contributed by atoms with E-state index in [1.165, 1.54) is 22.8 Å². The number of ether oxygens (including phenoxy) is 1. The lowest BCUT2D eigenvalue weighted by molar-refractivity contribution is -0.138. The highest BCUT2D eigenvalue weighted by Gasteiger charge is 2.34. The molecular formula is C24H25F3N2O4. The Kier molecular flexibility index (Phi) is 7.30. The molecule has 3 aromatic rings. The molecule has 0 bridgehead atoms. The summed E-state index contributed by atoms with van der Waals surface area (Å²) in [7, 11) is 0. The van der Waals surface area contributed by atoms with Crippen LogP contribution in [0, 0.1) is 5.92 Å². The molecule has 0 spiro atoms. The van der Waals surface area contributed by atoms with E-state index in [4.69, 9.17) is 4.74 Å². The number of halogens is 3. The van der Waals surface area contributed by atoms with Crippen molar-refractivity contribution in [2.45, 2.75) is 33.0 Å². The van der Waals surface area contributed by atoms with Crippen molar-refractivity contribution in [3.63, 3.8) is 0 Å². The summed E-state index contributed by atoms with van der Waals surface area (Å²) in [5.41, 5.74) is -1.11. The number of hydrogen-bond acceptors (Lipinski definition) is 4. The predicted octanol–water partition coefficient (Wildman–Crippen LogP) is 4.58. The molecule has 0 radical (unpaired) electrons. The summed E-state index contributed by atoms with van der Waals surface area (Å²) >= 11 is 0. The first-order chi connectivity index (χ1) is 15.6. The van der Waals surface area contributed by atoms with E-state index >= 15 is 0 Å². The van der Waals surface area contributed by atoms with Crippen LogP contribution in [0.1, 0.15) is 36.2 Å². The maximum Gasteiger partial charge on any atom is 0.419 e. The maximum absolute atomic E-state index is 13.0. The minimum Gasteiger partial charge on any atom is -0.502 e. The molecule has 0 aliphatic heterocycles. The third-order valence-corrected chi connectivity index (χ3v) is 4.98. The first-order valence-electron chi connectivity index (χ1n) is 10.5. The highest BCUT2D eigenvalue weighted by molar-refractivity contribution is 6.08. The summed E-state index contributed by atoms with van der Waals surface area (Å²) in [5.74, 6) is -1.42. The number of fused-ring (bicyclic) bond motifs is 1. The van der Waals surface area contributed by atoms with Crippen molar-refractivity contribution in [2.24, 2.45) is 5.92 Å². The number of pyridine rings is 1. The third kappa shape index (κ3) is 5.47. The summed E-state index contributed by atoms with van der Waals surface area (Å²) in [6.07, 6.45) is -4.31. The number of carbonyl (C=O) groups excluding carboxylic acids is 1. The largest absolute Gasteiger partial charge is 0.502 e. The van der Waals surface area contributed by atoms with Crippen molar-refractivity contribution in [3.05, 3.63) is 70.0 Å². The van der Waals surface area contributed by atoms with Gasteiger partial charge in [0.05, 0.1) is 23.3 Å². The number of aromatic nitrogens is 1. The molecule has 0 atom stereocenters. The Morgan fingerprint density at radius 2 is 1.79 bits per heavy atom. The second-order valence-corrected chi connectivity index (χ2v) is 8.00. The van der Waals surface area contributed by atoms with Gasteiger partial charge in [0.1, 0.15) is 5.75 Å². The van der Waals surface area contributed by atoms with Gasteiger partial charge in [0.2, 0.25) is 0 Å². The molecule has 0 aliphatic carbocycles. The summed E-state index contributed by atoms with van der Waals surface area (Å²) < 4.78 is 45.8. The highest BCUT2D eigenvalue weighted by atomic mass is 19.4. The maximum atomic E-state index is 13.0. The summed E-state index contributed by atoms with van der Waals surface area (Å²) in [6.45, 7) is 4.28. The Balaban J connectivity index is 1.70. The quantitative estimate of drug-likeness (QED) is 0.480. The molecule has 176 valence electrons. The van der Waals surface area contributed by atoms with Crippen LogP contribution in [-0.4, -0.2) is 28.7 Å². The average Bonchev–Trinajstić information content (AvgIpc) is 2.76. The molecule has 1 heterocycles. The first kappa shape index (κ1) is 24.2. The molecule has 0 saturated heterocycles. The van der Waals surface area contributed by atoms with Gasteiger partial charge in [0.25, 0.3) is 11.5 Å². The first-order valence-corrected chi connectivity index (χ1v) is 10.5. The molecule has 3 rings (SSSR count). The lowest BCUT2D eigenvalue weighted by atomic mass is 10.1. The standard InChI is InChI=1S/C24H25F3N2O4/c1-15(2)14-29-18-10-5-3-8-16(18)20(21(30)23(29)32)22(31)28-12-7-13-33-19-11-6-4-9-17(19)24(25,26)27/h3-6,8-11,15,30H,7,12-14H2,1-2H3,(H,28,31). The number of rotatable bonds is 8. The summed E-state index contributed by atoms with van der Waals surface area (Å²) in [6, 6.07) is 11.7. The Labute approximate surface area is 188 Å². The summed E-state index contributed by atoms with van der Waals surface area (Å²) in [4.78, 5) is 25.5. The minimum absolute atomic E-state index is 0.0594. The molecule has 9 heteroatoms. The van der Waals surface area contributed by atoms with Crippen LogP contribution in [0.4, 0.5) is 13.2 Å². The predicted molar refractivity (Wildman–Crippen MR) is 119 cm³/mol. The van der Waals surface area contributed by atoms with Gasteiger partial charge in [0.15, 0.2) is 5.75 Å². The number of aromatic hydroxyl groups is 1. The molecule has 33 heavy (non-hydrogen) atoms. The van der Waals surface area contributed by atoms with Gasteiger partial charge in [-0.1, -0.05) is 44.2 Å². The fourth-order valence-corrected chi connectivity index (χ4v) is 3.54. The molecule has 6 nitrogen and oxygen atoms in total. The fourth-order valence-electron chi connectivity index (χ4n) is 3.54. The lowest BCUT2D eigenvalue weighted by Gasteiger charge is -2.17. The van der Waals surface area contributed by atoms with Gasteiger partial charge >= 0.3 is 6.18 Å². The molecule has 0 aliphatic rings. The third-order valence-electron chi connectivity index (χ3n) is 4.98. The molecule has 2 N–H and O–H groups in total. The number of amides is 1. The van der Waals surface area contributed by atoms with Crippen LogP contribution in [-0.2, 0) is 12.7 Å². The molecule has 1 amide bonds. The Morgan fingerprint density at radius 1 is 1.12 bits per heavy atom. The van der Waals surface area contributed by atoms with E-state index in [9.17, 15) is 27.9 Å². The molecule has 0 saturated carbocycles. The van der Waals surface area contributed by atoms with Crippen molar-refractivity contribution in [1.82, 2.24) is 9.88 Å². The Hall–Kier alpha value is -3.49. The van der Waals surface area contributed by atoms with E-state index in [0.717, 1.165) is 6.07 Å². The van der Waals surface area contributed by atoms with Crippen LogP contribution in [0.15, 0.2) is 53.3 Å². The van der Waals surface area contributed by atoms with Crippen LogP contribution in [0.5, 0.6) is 11.5 Å². The zero-order chi connectivity index (χ0) is 24.2. The second-order valence-electron chi connectivity index (χ2n) is 8.00. The van der Waals surface area contributed by atoms with Crippen molar-refractivity contribution < 1.29 is 27.8 Å².